The van der Waals surface area contributed by atoms with Crippen molar-refractivity contribution in [2.75, 3.05) is 0 Å². The molecule has 1 aromatic carbocycles. The highest BCUT2D eigenvalue weighted by molar-refractivity contribution is 6.64. The molecule has 0 heterocycles. The van der Waals surface area contributed by atoms with Gasteiger partial charge in [0.2, 0.25) is 5.24 Å². The first kappa shape index (κ1) is 10.6. The zero-order valence-corrected chi connectivity index (χ0v) is 8.77. The Labute approximate surface area is 87.7 Å². The highest BCUT2D eigenvalue weighted by Crippen LogP contribution is 2.23. The van der Waals surface area contributed by atoms with Crippen LogP contribution in [0.3, 0.4) is 0 Å². The molecule has 1 rings (SSSR count). The Hall–Kier alpha value is -0.530. The summed E-state index contributed by atoms with van der Waals surface area (Å²) in [6, 6.07) is 7.55. The third-order valence-electron chi connectivity index (χ3n) is 2.01. The van der Waals surface area contributed by atoms with E-state index in [0.29, 0.717) is 5.88 Å². The summed E-state index contributed by atoms with van der Waals surface area (Å²) in [5.74, 6) is 0.127. The summed E-state index contributed by atoms with van der Waals surface area (Å²) in [4.78, 5) is 10.9. The van der Waals surface area contributed by atoms with Gasteiger partial charge in [0, 0.05) is 5.88 Å². The molecule has 13 heavy (non-hydrogen) atoms. The largest absolute Gasteiger partial charge is 0.281 e. The van der Waals surface area contributed by atoms with E-state index in [1.807, 2.05) is 24.3 Å². The van der Waals surface area contributed by atoms with E-state index >= 15 is 0 Å². The second-order valence-electron chi connectivity index (χ2n) is 2.86. The molecule has 0 bridgehead atoms. The molecule has 1 aromatic rings. The predicted octanol–water partition coefficient (Wildman–Crippen LogP) is 3.29. The average molecular weight is 217 g/mol. The Kier molecular flexibility index (Phi) is 3.76. The van der Waals surface area contributed by atoms with Gasteiger partial charge in [-0.15, -0.1) is 11.6 Å². The summed E-state index contributed by atoms with van der Waals surface area (Å²) >= 11 is 11.1. The Morgan fingerprint density at radius 1 is 1.46 bits per heavy atom. The van der Waals surface area contributed by atoms with Gasteiger partial charge in [0.15, 0.2) is 0 Å². The fraction of sp³-hybridized carbons (Fsp3) is 0.300. The lowest BCUT2D eigenvalue weighted by atomic mass is 9.98. The maximum atomic E-state index is 10.9. The van der Waals surface area contributed by atoms with Crippen molar-refractivity contribution in [2.24, 2.45) is 0 Å². The predicted molar refractivity (Wildman–Crippen MR) is 55.3 cm³/mol. The molecule has 0 unspecified atom stereocenters. The second kappa shape index (κ2) is 4.64. The van der Waals surface area contributed by atoms with Crippen LogP contribution in [0.4, 0.5) is 0 Å². The molecular weight excluding hydrogens is 207 g/mol. The van der Waals surface area contributed by atoms with E-state index in [0.717, 1.165) is 11.1 Å². The summed E-state index contributed by atoms with van der Waals surface area (Å²) in [7, 11) is 0. The summed E-state index contributed by atoms with van der Waals surface area (Å²) < 4.78 is 0. The normalized spacial score (nSPS) is 12.5. The quantitative estimate of drug-likeness (QED) is 0.560. The van der Waals surface area contributed by atoms with Gasteiger partial charge in [0.1, 0.15) is 0 Å². The van der Waals surface area contributed by atoms with Crippen molar-refractivity contribution >= 4 is 28.4 Å². The van der Waals surface area contributed by atoms with Gasteiger partial charge >= 0.3 is 0 Å². The van der Waals surface area contributed by atoms with Crippen molar-refractivity contribution in [3.8, 4) is 0 Å². The first-order valence-corrected chi connectivity index (χ1v) is 4.91. The van der Waals surface area contributed by atoms with Crippen LogP contribution in [-0.2, 0) is 10.7 Å². The van der Waals surface area contributed by atoms with E-state index < -0.39 is 0 Å². The van der Waals surface area contributed by atoms with Crippen LogP contribution in [0.15, 0.2) is 24.3 Å². The Balaban J connectivity index is 3.05. The Morgan fingerprint density at radius 2 is 2.08 bits per heavy atom. The van der Waals surface area contributed by atoms with Gasteiger partial charge in [-0.2, -0.15) is 0 Å². The van der Waals surface area contributed by atoms with E-state index in [1.165, 1.54) is 0 Å². The first-order valence-electron chi connectivity index (χ1n) is 4.00. The molecule has 0 aliphatic carbocycles. The SMILES string of the molecule is C[C@H](C(=O)Cl)c1ccccc1CCl. The number of halogens is 2. The molecule has 0 saturated heterocycles. The van der Waals surface area contributed by atoms with E-state index in [4.69, 9.17) is 23.2 Å². The molecule has 0 amide bonds. The minimum atomic E-state index is -0.349. The average Bonchev–Trinajstić information content (AvgIpc) is 2.16. The highest BCUT2D eigenvalue weighted by Gasteiger charge is 2.15. The van der Waals surface area contributed by atoms with Gasteiger partial charge in [0.25, 0.3) is 0 Å². The third-order valence-corrected chi connectivity index (χ3v) is 2.62. The third kappa shape index (κ3) is 2.45. The van der Waals surface area contributed by atoms with Crippen LogP contribution in [0.1, 0.15) is 24.0 Å². The van der Waals surface area contributed by atoms with Gasteiger partial charge in [0.05, 0.1) is 5.92 Å². The zero-order valence-electron chi connectivity index (χ0n) is 7.26. The lowest BCUT2D eigenvalue weighted by Crippen LogP contribution is -2.04. The topological polar surface area (TPSA) is 17.1 Å². The first-order chi connectivity index (χ1) is 6.16. The molecule has 3 heteroatoms. The Morgan fingerprint density at radius 3 is 2.62 bits per heavy atom. The summed E-state index contributed by atoms with van der Waals surface area (Å²) in [5.41, 5.74) is 1.88. The van der Waals surface area contributed by atoms with Crippen LogP contribution in [0, 0.1) is 0 Å². The number of carbonyl (C=O) groups is 1. The van der Waals surface area contributed by atoms with Gasteiger partial charge in [-0.1, -0.05) is 31.2 Å². The minimum Gasteiger partial charge on any atom is -0.281 e. The van der Waals surface area contributed by atoms with Crippen molar-refractivity contribution in [1.82, 2.24) is 0 Å². The highest BCUT2D eigenvalue weighted by atomic mass is 35.5. The van der Waals surface area contributed by atoms with Crippen molar-refractivity contribution in [1.29, 1.82) is 0 Å². The van der Waals surface area contributed by atoms with Gasteiger partial charge in [-0.25, -0.2) is 0 Å². The van der Waals surface area contributed by atoms with Crippen molar-refractivity contribution in [2.45, 2.75) is 18.7 Å². The molecule has 0 fully saturated rings. The molecule has 1 atom stereocenters. The molecular formula is C10H10Cl2O. The Bertz CT molecular complexity index is 310. The minimum absolute atomic E-state index is 0.281. The number of carbonyl (C=O) groups excluding carboxylic acids is 1. The van der Waals surface area contributed by atoms with Crippen LogP contribution >= 0.6 is 23.2 Å². The summed E-state index contributed by atoms with van der Waals surface area (Å²) in [5, 5.41) is -0.349. The number of hydrogen-bond donors (Lipinski definition) is 0. The lowest BCUT2D eigenvalue weighted by Gasteiger charge is -2.10. The maximum absolute atomic E-state index is 10.9. The van der Waals surface area contributed by atoms with E-state index in [1.54, 1.807) is 6.92 Å². The van der Waals surface area contributed by atoms with E-state index in [-0.39, 0.29) is 11.2 Å². The second-order valence-corrected chi connectivity index (χ2v) is 3.50. The molecule has 0 spiro atoms. The fourth-order valence-electron chi connectivity index (χ4n) is 1.20. The van der Waals surface area contributed by atoms with Crippen molar-refractivity contribution < 1.29 is 4.79 Å². The molecule has 70 valence electrons. The molecule has 0 N–H and O–H groups in total. The standard InChI is InChI=1S/C10H10Cl2O/c1-7(10(12)13)9-5-3-2-4-8(9)6-11/h2-5,7H,6H2,1H3/t7-/m0/s1. The van der Waals surface area contributed by atoms with Gasteiger partial charge < -0.3 is 0 Å². The number of hydrogen-bond acceptors (Lipinski definition) is 1. The van der Waals surface area contributed by atoms with E-state index in [9.17, 15) is 4.79 Å². The van der Waals surface area contributed by atoms with Crippen LogP contribution in [0.25, 0.3) is 0 Å². The van der Waals surface area contributed by atoms with Crippen LogP contribution in [0.5, 0.6) is 0 Å². The van der Waals surface area contributed by atoms with Crippen molar-refractivity contribution in [3.05, 3.63) is 35.4 Å². The monoisotopic (exact) mass is 216 g/mol. The molecule has 0 radical (unpaired) electrons. The number of rotatable bonds is 3. The van der Waals surface area contributed by atoms with Crippen LogP contribution < -0.4 is 0 Å². The summed E-state index contributed by atoms with van der Waals surface area (Å²) in [6.07, 6.45) is 0. The molecule has 1 nitrogen and oxygen atoms in total. The van der Waals surface area contributed by atoms with Crippen molar-refractivity contribution in [3.63, 3.8) is 0 Å². The maximum Gasteiger partial charge on any atom is 0.228 e. The number of benzene rings is 1. The lowest BCUT2D eigenvalue weighted by molar-refractivity contribution is -0.112. The van der Waals surface area contributed by atoms with Crippen LogP contribution in [-0.4, -0.2) is 5.24 Å². The zero-order chi connectivity index (χ0) is 9.84. The molecule has 0 aliphatic rings. The smallest absolute Gasteiger partial charge is 0.228 e. The van der Waals surface area contributed by atoms with E-state index in [2.05, 4.69) is 0 Å². The molecule has 0 aromatic heterocycles. The van der Waals surface area contributed by atoms with Crippen LogP contribution in [0.2, 0.25) is 0 Å². The molecule has 0 aliphatic heterocycles. The van der Waals surface area contributed by atoms with Gasteiger partial charge in [-0.3, -0.25) is 4.79 Å². The molecule has 0 saturated carbocycles. The summed E-state index contributed by atoms with van der Waals surface area (Å²) in [6.45, 7) is 1.78. The van der Waals surface area contributed by atoms with Gasteiger partial charge in [-0.05, 0) is 22.7 Å². The number of alkyl halides is 1. The fourth-order valence-corrected chi connectivity index (χ4v) is 1.56.